The van der Waals surface area contributed by atoms with E-state index in [1.807, 2.05) is 6.07 Å². The zero-order chi connectivity index (χ0) is 26.8. The minimum atomic E-state index is -4.58. The van der Waals surface area contributed by atoms with E-state index in [1.54, 1.807) is 41.1 Å². The predicted octanol–water partition coefficient (Wildman–Crippen LogP) is 4.84. The molecular formula is C23H17ClF3N5O4S. The number of nitriles is 1. The summed E-state index contributed by atoms with van der Waals surface area (Å²) in [6.45, 7) is -1.52. The second-order valence-electron chi connectivity index (χ2n) is 7.76. The second kappa shape index (κ2) is 10.2. The van der Waals surface area contributed by atoms with Gasteiger partial charge >= 0.3 is 6.18 Å². The van der Waals surface area contributed by atoms with Crippen LogP contribution in [0.4, 0.5) is 19.1 Å². The van der Waals surface area contributed by atoms with E-state index in [-0.39, 0.29) is 28.9 Å². The van der Waals surface area contributed by atoms with Gasteiger partial charge in [0.15, 0.2) is 12.4 Å². The quantitative estimate of drug-likeness (QED) is 0.333. The molecule has 0 bridgehead atoms. The number of benzene rings is 2. The van der Waals surface area contributed by atoms with Gasteiger partial charge in [-0.15, -0.1) is 0 Å². The van der Waals surface area contributed by atoms with Gasteiger partial charge in [0, 0.05) is 23.5 Å². The molecule has 0 saturated heterocycles. The van der Waals surface area contributed by atoms with Crippen LogP contribution in [0.5, 0.6) is 11.5 Å². The van der Waals surface area contributed by atoms with Gasteiger partial charge in [-0.1, -0.05) is 11.6 Å². The monoisotopic (exact) mass is 551 g/mol. The van der Waals surface area contributed by atoms with Crippen LogP contribution >= 0.6 is 11.6 Å². The van der Waals surface area contributed by atoms with Crippen molar-refractivity contribution in [3.05, 3.63) is 71.1 Å². The van der Waals surface area contributed by atoms with Crippen molar-refractivity contribution in [3.63, 3.8) is 0 Å². The fourth-order valence-corrected chi connectivity index (χ4v) is 4.08. The zero-order valence-electron chi connectivity index (χ0n) is 19.0. The van der Waals surface area contributed by atoms with Crippen LogP contribution in [0.1, 0.15) is 11.3 Å². The summed E-state index contributed by atoms with van der Waals surface area (Å²) in [5, 5.41) is 10.1. The molecule has 0 unspecified atom stereocenters. The Labute approximate surface area is 214 Å². The van der Waals surface area contributed by atoms with E-state index in [4.69, 9.17) is 21.1 Å². The van der Waals surface area contributed by atoms with Crippen molar-refractivity contribution in [2.75, 3.05) is 17.6 Å². The first-order valence-electron chi connectivity index (χ1n) is 10.4. The van der Waals surface area contributed by atoms with Gasteiger partial charge in [0.05, 0.1) is 28.1 Å². The number of sulfonamides is 1. The topological polar surface area (TPSA) is 119 Å². The van der Waals surface area contributed by atoms with Gasteiger partial charge in [0.2, 0.25) is 16.0 Å². The Morgan fingerprint density at radius 2 is 1.95 bits per heavy atom. The molecule has 0 radical (unpaired) electrons. The minimum absolute atomic E-state index is 0.0493. The predicted molar refractivity (Wildman–Crippen MR) is 129 cm³/mol. The lowest BCUT2D eigenvalue weighted by atomic mass is 10.2. The van der Waals surface area contributed by atoms with E-state index in [1.165, 1.54) is 18.3 Å². The molecule has 0 fully saturated rings. The third kappa shape index (κ3) is 6.60. The molecule has 0 spiro atoms. The number of nitrogens with one attached hydrogen (secondary N) is 1. The van der Waals surface area contributed by atoms with Gasteiger partial charge in [-0.25, -0.2) is 18.4 Å². The van der Waals surface area contributed by atoms with Crippen LogP contribution in [0, 0.1) is 11.3 Å². The molecule has 37 heavy (non-hydrogen) atoms. The van der Waals surface area contributed by atoms with Gasteiger partial charge in [-0.2, -0.15) is 18.4 Å². The summed E-state index contributed by atoms with van der Waals surface area (Å²) < 4.78 is 74.8. The van der Waals surface area contributed by atoms with E-state index in [0.717, 1.165) is 17.2 Å². The molecule has 0 aliphatic rings. The number of hydrogen-bond acceptors (Lipinski definition) is 7. The number of anilines is 1. The molecule has 0 amide bonds. The number of fused-ring (bicyclic) bond motifs is 1. The Morgan fingerprint density at radius 3 is 2.65 bits per heavy atom. The number of alkyl halides is 3. The van der Waals surface area contributed by atoms with E-state index in [9.17, 15) is 26.9 Å². The van der Waals surface area contributed by atoms with Crippen molar-refractivity contribution in [2.45, 2.75) is 12.8 Å². The van der Waals surface area contributed by atoms with Crippen LogP contribution in [0.3, 0.4) is 0 Å². The summed E-state index contributed by atoms with van der Waals surface area (Å²) in [4.78, 5) is 7.95. The van der Waals surface area contributed by atoms with E-state index < -0.39 is 22.8 Å². The summed E-state index contributed by atoms with van der Waals surface area (Å²) in [6.07, 6.45) is -0.465. The average molecular weight is 552 g/mol. The lowest BCUT2D eigenvalue weighted by Gasteiger charge is -2.14. The SMILES string of the molecule is CS(=O)(=O)Nc1nccc(COc2ccc3c(ccn3-c3cc(Cl)c(OCC(F)(F)F)c(C#N)c3)c2)n1. The van der Waals surface area contributed by atoms with Crippen molar-refractivity contribution in [3.8, 4) is 23.3 Å². The Balaban J connectivity index is 1.54. The number of halogens is 4. The molecule has 2 aromatic carbocycles. The normalized spacial score (nSPS) is 11.8. The second-order valence-corrected chi connectivity index (χ2v) is 9.92. The molecule has 192 valence electrons. The summed E-state index contributed by atoms with van der Waals surface area (Å²) in [5.41, 5.74) is 1.49. The van der Waals surface area contributed by atoms with Crippen LogP contribution in [0.25, 0.3) is 16.6 Å². The van der Waals surface area contributed by atoms with Crippen molar-refractivity contribution in [2.24, 2.45) is 0 Å². The highest BCUT2D eigenvalue weighted by atomic mass is 35.5. The van der Waals surface area contributed by atoms with Gasteiger partial charge < -0.3 is 14.0 Å². The molecule has 4 rings (SSSR count). The molecule has 0 atom stereocenters. The smallest absolute Gasteiger partial charge is 0.422 e. The first-order valence-corrected chi connectivity index (χ1v) is 12.7. The Bertz CT molecular complexity index is 1620. The summed E-state index contributed by atoms with van der Waals surface area (Å²) >= 11 is 6.16. The highest BCUT2D eigenvalue weighted by Crippen LogP contribution is 2.34. The zero-order valence-corrected chi connectivity index (χ0v) is 20.5. The standard InChI is InChI=1S/C23H17ClF3N5O4S/c1-37(33,34)31-22-29-6-4-16(30-22)12-35-18-2-3-20-14(9-18)5-7-32(20)17-8-15(11-28)21(19(24)10-17)36-13-23(25,26)27/h2-10H,12-13H2,1H3,(H,29,30,31). The van der Waals surface area contributed by atoms with E-state index in [0.29, 0.717) is 17.1 Å². The van der Waals surface area contributed by atoms with Crippen molar-refractivity contribution >= 4 is 38.5 Å². The number of nitrogens with zero attached hydrogens (tertiary/aromatic N) is 4. The van der Waals surface area contributed by atoms with Crippen molar-refractivity contribution < 1.29 is 31.1 Å². The van der Waals surface area contributed by atoms with E-state index >= 15 is 0 Å². The fourth-order valence-electron chi connectivity index (χ4n) is 3.39. The molecule has 2 heterocycles. The number of ether oxygens (including phenoxy) is 2. The summed E-state index contributed by atoms with van der Waals surface area (Å²) in [5.74, 6) is 0.103. The third-order valence-electron chi connectivity index (χ3n) is 4.85. The lowest BCUT2D eigenvalue weighted by Crippen LogP contribution is -2.19. The maximum atomic E-state index is 12.6. The van der Waals surface area contributed by atoms with Gasteiger partial charge in [-0.05, 0) is 42.5 Å². The molecule has 9 nitrogen and oxygen atoms in total. The molecule has 2 aromatic heterocycles. The fraction of sp³-hybridized carbons (Fsp3) is 0.174. The molecule has 0 saturated carbocycles. The Hall–Kier alpha value is -4.02. The maximum absolute atomic E-state index is 12.6. The van der Waals surface area contributed by atoms with Gasteiger partial charge in [0.25, 0.3) is 0 Å². The Kier molecular flexibility index (Phi) is 7.15. The van der Waals surface area contributed by atoms with Gasteiger partial charge in [-0.3, -0.25) is 4.72 Å². The molecule has 1 N–H and O–H groups in total. The lowest BCUT2D eigenvalue weighted by molar-refractivity contribution is -0.153. The highest BCUT2D eigenvalue weighted by molar-refractivity contribution is 7.91. The van der Waals surface area contributed by atoms with Gasteiger partial charge in [0.1, 0.15) is 18.4 Å². The number of aromatic nitrogens is 3. The minimum Gasteiger partial charge on any atom is -0.487 e. The Morgan fingerprint density at radius 1 is 1.16 bits per heavy atom. The largest absolute Gasteiger partial charge is 0.487 e. The molecule has 0 aliphatic carbocycles. The van der Waals surface area contributed by atoms with Crippen LogP contribution in [0.2, 0.25) is 5.02 Å². The first kappa shape index (κ1) is 26.1. The van der Waals surface area contributed by atoms with E-state index in [2.05, 4.69) is 14.7 Å². The first-order chi connectivity index (χ1) is 17.4. The maximum Gasteiger partial charge on any atom is 0.422 e. The number of rotatable bonds is 8. The number of hydrogen-bond donors (Lipinski definition) is 1. The van der Waals surface area contributed by atoms with Crippen molar-refractivity contribution in [1.82, 2.24) is 14.5 Å². The summed E-state index contributed by atoms with van der Waals surface area (Å²) in [7, 11) is -3.52. The summed E-state index contributed by atoms with van der Waals surface area (Å²) in [6, 6.07) is 13.2. The van der Waals surface area contributed by atoms with Crippen LogP contribution in [0.15, 0.2) is 54.9 Å². The molecule has 0 aliphatic heterocycles. The van der Waals surface area contributed by atoms with Crippen LogP contribution in [-0.2, 0) is 16.6 Å². The van der Waals surface area contributed by atoms with Crippen molar-refractivity contribution in [1.29, 1.82) is 5.26 Å². The molecule has 4 aromatic rings. The average Bonchev–Trinajstić information content (AvgIpc) is 3.23. The molecule has 14 heteroatoms. The van der Waals surface area contributed by atoms with Crippen LogP contribution < -0.4 is 14.2 Å². The highest BCUT2D eigenvalue weighted by Gasteiger charge is 2.29. The molecular weight excluding hydrogens is 535 g/mol. The third-order valence-corrected chi connectivity index (χ3v) is 5.68. The van der Waals surface area contributed by atoms with Crippen LogP contribution in [-0.4, -0.2) is 42.0 Å².